The molecule has 2 aromatic rings. The fraction of sp³-hybridized carbons (Fsp3) is 0.435. The van der Waals surface area contributed by atoms with E-state index in [9.17, 15) is 4.79 Å². The second-order valence-electron chi connectivity index (χ2n) is 7.71. The Bertz CT molecular complexity index is 688. The number of hydrogen-bond acceptors (Lipinski definition) is 2. The lowest BCUT2D eigenvalue weighted by Crippen LogP contribution is -2.35. The predicted molar refractivity (Wildman–Crippen MR) is 102 cm³/mol. The Morgan fingerprint density at radius 2 is 1.60 bits per heavy atom. The van der Waals surface area contributed by atoms with E-state index in [4.69, 9.17) is 4.74 Å². The molecule has 25 heavy (non-hydrogen) atoms. The van der Waals surface area contributed by atoms with E-state index in [1.807, 2.05) is 42.5 Å². The smallest absolute Gasteiger partial charge is 0.338 e. The molecule has 2 aromatic carbocycles. The standard InChI is InChI=1S/C23H28O2/c1-16(2)21-14-9-17(3)15-22(21)25-23(24)20-12-10-19(11-13-20)18-7-5-4-6-8-18/h4-8,10-13,16-17,21-22H,9,14-15H2,1-3H3/t17-,21+,22+/m1/s1. The predicted octanol–water partition coefficient (Wildman–Crippen LogP) is 5.97. The lowest BCUT2D eigenvalue weighted by molar-refractivity contribution is -0.0174. The zero-order chi connectivity index (χ0) is 17.8. The average Bonchev–Trinajstić information content (AvgIpc) is 2.62. The van der Waals surface area contributed by atoms with Gasteiger partial charge in [-0.15, -0.1) is 0 Å². The molecule has 0 aliphatic heterocycles. The topological polar surface area (TPSA) is 26.3 Å². The first kappa shape index (κ1) is 17.7. The molecule has 0 N–H and O–H groups in total. The summed E-state index contributed by atoms with van der Waals surface area (Å²) in [4.78, 5) is 12.6. The van der Waals surface area contributed by atoms with E-state index in [2.05, 4.69) is 32.9 Å². The van der Waals surface area contributed by atoms with Gasteiger partial charge in [0.15, 0.2) is 0 Å². The lowest BCUT2D eigenvalue weighted by Gasteiger charge is -2.36. The number of rotatable bonds is 4. The fourth-order valence-electron chi connectivity index (χ4n) is 3.89. The number of carbonyl (C=O) groups excluding carboxylic acids is 1. The van der Waals surface area contributed by atoms with Gasteiger partial charge in [0.2, 0.25) is 0 Å². The van der Waals surface area contributed by atoms with Crippen LogP contribution >= 0.6 is 0 Å². The molecule has 3 atom stereocenters. The van der Waals surface area contributed by atoms with Gasteiger partial charge in [0.05, 0.1) is 5.56 Å². The van der Waals surface area contributed by atoms with E-state index in [0.29, 0.717) is 23.3 Å². The Morgan fingerprint density at radius 1 is 0.960 bits per heavy atom. The van der Waals surface area contributed by atoms with E-state index < -0.39 is 0 Å². The van der Waals surface area contributed by atoms with Gasteiger partial charge in [0.1, 0.15) is 6.10 Å². The van der Waals surface area contributed by atoms with E-state index in [1.165, 1.54) is 6.42 Å². The van der Waals surface area contributed by atoms with Crippen molar-refractivity contribution in [2.24, 2.45) is 17.8 Å². The molecular formula is C23H28O2. The summed E-state index contributed by atoms with van der Waals surface area (Å²) in [7, 11) is 0. The molecule has 0 amide bonds. The van der Waals surface area contributed by atoms with E-state index in [0.717, 1.165) is 24.0 Å². The van der Waals surface area contributed by atoms with Crippen LogP contribution in [0.25, 0.3) is 11.1 Å². The minimum absolute atomic E-state index is 0.0463. The van der Waals surface area contributed by atoms with Crippen molar-refractivity contribution in [1.82, 2.24) is 0 Å². The second kappa shape index (κ2) is 7.86. The molecule has 0 radical (unpaired) electrons. The number of esters is 1. The van der Waals surface area contributed by atoms with Crippen LogP contribution in [0.4, 0.5) is 0 Å². The summed E-state index contributed by atoms with van der Waals surface area (Å²) in [6, 6.07) is 17.9. The maximum Gasteiger partial charge on any atom is 0.338 e. The summed E-state index contributed by atoms with van der Waals surface area (Å²) < 4.78 is 5.93. The van der Waals surface area contributed by atoms with Crippen LogP contribution in [0.15, 0.2) is 54.6 Å². The Labute approximate surface area is 151 Å². The molecule has 0 spiro atoms. The molecule has 0 aromatic heterocycles. The highest BCUT2D eigenvalue weighted by Crippen LogP contribution is 2.35. The Kier molecular flexibility index (Phi) is 5.57. The van der Waals surface area contributed by atoms with Crippen molar-refractivity contribution in [3.05, 3.63) is 60.2 Å². The van der Waals surface area contributed by atoms with Crippen LogP contribution in [0.1, 0.15) is 50.4 Å². The maximum atomic E-state index is 12.6. The fourth-order valence-corrected chi connectivity index (χ4v) is 3.89. The molecule has 3 rings (SSSR count). The van der Waals surface area contributed by atoms with Gasteiger partial charge < -0.3 is 4.74 Å². The Hall–Kier alpha value is -2.09. The van der Waals surface area contributed by atoms with Crippen molar-refractivity contribution in [1.29, 1.82) is 0 Å². The molecule has 1 aliphatic rings. The average molecular weight is 336 g/mol. The number of ether oxygens (including phenoxy) is 1. The van der Waals surface area contributed by atoms with Crippen LogP contribution in [0.2, 0.25) is 0 Å². The van der Waals surface area contributed by atoms with Crippen LogP contribution in [0.3, 0.4) is 0 Å². The second-order valence-corrected chi connectivity index (χ2v) is 7.71. The van der Waals surface area contributed by atoms with Crippen LogP contribution in [-0.2, 0) is 4.74 Å². The summed E-state index contributed by atoms with van der Waals surface area (Å²) in [6.45, 7) is 6.72. The van der Waals surface area contributed by atoms with Gasteiger partial charge in [-0.3, -0.25) is 0 Å². The Morgan fingerprint density at radius 3 is 2.24 bits per heavy atom. The van der Waals surface area contributed by atoms with Crippen molar-refractivity contribution < 1.29 is 9.53 Å². The number of carbonyl (C=O) groups is 1. The molecule has 0 unspecified atom stereocenters. The summed E-state index contributed by atoms with van der Waals surface area (Å²) in [5.74, 6) is 1.46. The van der Waals surface area contributed by atoms with Gasteiger partial charge in [-0.1, -0.05) is 69.7 Å². The zero-order valence-electron chi connectivity index (χ0n) is 15.4. The molecule has 2 heteroatoms. The number of benzene rings is 2. The van der Waals surface area contributed by atoms with Crippen molar-refractivity contribution in [2.75, 3.05) is 0 Å². The van der Waals surface area contributed by atoms with E-state index in [-0.39, 0.29) is 12.1 Å². The highest BCUT2D eigenvalue weighted by Gasteiger charge is 2.33. The molecule has 0 heterocycles. The SMILES string of the molecule is CC(C)[C@@H]1CC[C@@H](C)C[C@@H]1OC(=O)c1ccc(-c2ccccc2)cc1. The van der Waals surface area contributed by atoms with Gasteiger partial charge in [-0.25, -0.2) is 4.79 Å². The molecule has 2 nitrogen and oxygen atoms in total. The first-order chi connectivity index (χ1) is 12.0. The normalized spacial score (nSPS) is 23.4. The summed E-state index contributed by atoms with van der Waals surface area (Å²) >= 11 is 0. The van der Waals surface area contributed by atoms with E-state index >= 15 is 0 Å². The lowest BCUT2D eigenvalue weighted by atomic mass is 9.75. The largest absolute Gasteiger partial charge is 0.458 e. The van der Waals surface area contributed by atoms with Crippen molar-refractivity contribution in [3.63, 3.8) is 0 Å². The van der Waals surface area contributed by atoms with Gasteiger partial charge in [-0.05, 0) is 53.9 Å². The van der Waals surface area contributed by atoms with Crippen molar-refractivity contribution in [2.45, 2.75) is 46.1 Å². The third-order valence-corrected chi connectivity index (χ3v) is 5.45. The highest BCUT2D eigenvalue weighted by atomic mass is 16.5. The van der Waals surface area contributed by atoms with Gasteiger partial charge >= 0.3 is 5.97 Å². The summed E-state index contributed by atoms with van der Waals surface area (Å²) in [5.41, 5.74) is 2.91. The van der Waals surface area contributed by atoms with Crippen molar-refractivity contribution in [3.8, 4) is 11.1 Å². The van der Waals surface area contributed by atoms with Gasteiger partial charge in [0.25, 0.3) is 0 Å². The first-order valence-electron chi connectivity index (χ1n) is 9.41. The highest BCUT2D eigenvalue weighted by molar-refractivity contribution is 5.90. The molecule has 0 bridgehead atoms. The van der Waals surface area contributed by atoms with Gasteiger partial charge in [0, 0.05) is 0 Å². The third-order valence-electron chi connectivity index (χ3n) is 5.45. The summed E-state index contributed by atoms with van der Waals surface area (Å²) in [5, 5.41) is 0. The minimum atomic E-state index is -0.190. The number of hydrogen-bond donors (Lipinski definition) is 0. The maximum absolute atomic E-state index is 12.6. The molecular weight excluding hydrogens is 308 g/mol. The molecule has 132 valence electrons. The minimum Gasteiger partial charge on any atom is -0.458 e. The quantitative estimate of drug-likeness (QED) is 0.643. The van der Waals surface area contributed by atoms with Crippen LogP contribution < -0.4 is 0 Å². The molecule has 0 saturated heterocycles. The van der Waals surface area contributed by atoms with Crippen LogP contribution in [-0.4, -0.2) is 12.1 Å². The Balaban J connectivity index is 1.70. The third kappa shape index (κ3) is 4.31. The van der Waals surface area contributed by atoms with Crippen molar-refractivity contribution >= 4 is 5.97 Å². The van der Waals surface area contributed by atoms with Crippen LogP contribution in [0.5, 0.6) is 0 Å². The van der Waals surface area contributed by atoms with Gasteiger partial charge in [-0.2, -0.15) is 0 Å². The monoisotopic (exact) mass is 336 g/mol. The zero-order valence-corrected chi connectivity index (χ0v) is 15.4. The van der Waals surface area contributed by atoms with E-state index in [1.54, 1.807) is 0 Å². The summed E-state index contributed by atoms with van der Waals surface area (Å²) in [6.07, 6.45) is 3.42. The molecule has 1 aliphatic carbocycles. The molecule has 1 fully saturated rings. The van der Waals surface area contributed by atoms with Crippen LogP contribution in [0, 0.1) is 17.8 Å². The molecule has 1 saturated carbocycles. The first-order valence-corrected chi connectivity index (χ1v) is 9.41.